The molecule has 1 aromatic carbocycles. The summed E-state index contributed by atoms with van der Waals surface area (Å²) in [6.07, 6.45) is 4.53. The minimum Gasteiger partial charge on any atom is -0.398 e. The molecule has 6 heteroatoms. The summed E-state index contributed by atoms with van der Waals surface area (Å²) in [5.41, 5.74) is 5.88. The van der Waals surface area contributed by atoms with Crippen LogP contribution in [0.4, 0.5) is 5.69 Å². The monoisotopic (exact) mass is 288 g/mol. The van der Waals surface area contributed by atoms with Gasteiger partial charge in [-0.25, -0.2) is 13.1 Å². The fourth-order valence-corrected chi connectivity index (χ4v) is 3.29. The molecular weight excluding hydrogens is 272 g/mol. The molecule has 0 aromatic heterocycles. The van der Waals surface area contributed by atoms with E-state index in [9.17, 15) is 8.42 Å². The third kappa shape index (κ3) is 3.60. The highest BCUT2D eigenvalue weighted by atomic mass is 35.5. The van der Waals surface area contributed by atoms with Crippen molar-refractivity contribution < 1.29 is 8.42 Å². The van der Waals surface area contributed by atoms with Gasteiger partial charge >= 0.3 is 0 Å². The first-order valence-corrected chi connectivity index (χ1v) is 7.90. The van der Waals surface area contributed by atoms with Crippen LogP contribution in [0.2, 0.25) is 5.02 Å². The van der Waals surface area contributed by atoms with Crippen LogP contribution in [0.3, 0.4) is 0 Å². The first kappa shape index (κ1) is 13.6. The summed E-state index contributed by atoms with van der Waals surface area (Å²) in [4.78, 5) is 0.0569. The molecule has 1 fully saturated rings. The van der Waals surface area contributed by atoms with E-state index in [0.717, 1.165) is 18.8 Å². The number of hydrogen-bond acceptors (Lipinski definition) is 3. The number of nitrogen functional groups attached to an aromatic ring is 1. The SMILES string of the molecule is Nc1ccc(Cl)cc1S(=O)(=O)NCCCC1CC1. The van der Waals surface area contributed by atoms with E-state index >= 15 is 0 Å². The van der Waals surface area contributed by atoms with Crippen LogP contribution >= 0.6 is 11.6 Å². The minimum atomic E-state index is -3.55. The van der Waals surface area contributed by atoms with Crippen molar-refractivity contribution in [3.05, 3.63) is 23.2 Å². The van der Waals surface area contributed by atoms with E-state index in [4.69, 9.17) is 17.3 Å². The van der Waals surface area contributed by atoms with Gasteiger partial charge < -0.3 is 5.73 Å². The maximum atomic E-state index is 12.0. The first-order valence-electron chi connectivity index (χ1n) is 6.04. The van der Waals surface area contributed by atoms with Gasteiger partial charge in [-0.3, -0.25) is 0 Å². The Morgan fingerprint density at radius 1 is 1.39 bits per heavy atom. The second-order valence-electron chi connectivity index (χ2n) is 4.67. The van der Waals surface area contributed by atoms with Crippen molar-refractivity contribution in [3.63, 3.8) is 0 Å². The van der Waals surface area contributed by atoms with Crippen molar-refractivity contribution in [2.75, 3.05) is 12.3 Å². The molecule has 18 heavy (non-hydrogen) atoms. The molecule has 0 bridgehead atoms. The van der Waals surface area contributed by atoms with Gasteiger partial charge in [-0.2, -0.15) is 0 Å². The Morgan fingerprint density at radius 2 is 2.11 bits per heavy atom. The molecule has 3 N–H and O–H groups in total. The average Bonchev–Trinajstić information content (AvgIpc) is 3.12. The van der Waals surface area contributed by atoms with Gasteiger partial charge in [0.25, 0.3) is 0 Å². The molecule has 4 nitrogen and oxygen atoms in total. The molecule has 0 radical (unpaired) electrons. The van der Waals surface area contributed by atoms with Crippen LogP contribution < -0.4 is 10.5 Å². The molecule has 0 heterocycles. The van der Waals surface area contributed by atoms with Crippen molar-refractivity contribution >= 4 is 27.3 Å². The van der Waals surface area contributed by atoms with E-state index in [2.05, 4.69) is 4.72 Å². The van der Waals surface area contributed by atoms with Crippen molar-refractivity contribution in [1.29, 1.82) is 0 Å². The zero-order chi connectivity index (χ0) is 13.2. The van der Waals surface area contributed by atoms with Gasteiger partial charge in [0.2, 0.25) is 10.0 Å². The molecule has 1 aromatic rings. The maximum absolute atomic E-state index is 12.0. The molecule has 0 saturated heterocycles. The summed E-state index contributed by atoms with van der Waals surface area (Å²) in [5.74, 6) is 0.811. The fraction of sp³-hybridized carbons (Fsp3) is 0.500. The van der Waals surface area contributed by atoms with Crippen LogP contribution in [-0.2, 0) is 10.0 Å². The van der Waals surface area contributed by atoms with E-state index < -0.39 is 10.0 Å². The summed E-state index contributed by atoms with van der Waals surface area (Å²) in [7, 11) is -3.55. The predicted molar refractivity (Wildman–Crippen MR) is 73.0 cm³/mol. The number of halogens is 1. The minimum absolute atomic E-state index is 0.0569. The highest BCUT2D eigenvalue weighted by molar-refractivity contribution is 7.89. The Kier molecular flexibility index (Phi) is 4.14. The molecule has 0 aliphatic heterocycles. The molecule has 1 aliphatic carbocycles. The van der Waals surface area contributed by atoms with Crippen molar-refractivity contribution in [1.82, 2.24) is 4.72 Å². The normalized spacial score (nSPS) is 15.8. The Hall–Kier alpha value is -0.780. The van der Waals surface area contributed by atoms with Gasteiger partial charge in [0, 0.05) is 11.6 Å². The quantitative estimate of drug-likeness (QED) is 0.623. The Labute approximate surface area is 113 Å². The van der Waals surface area contributed by atoms with Gasteiger partial charge in [0.15, 0.2) is 0 Å². The van der Waals surface area contributed by atoms with E-state index in [0.29, 0.717) is 11.6 Å². The van der Waals surface area contributed by atoms with E-state index in [1.807, 2.05) is 0 Å². The molecule has 0 spiro atoms. The number of anilines is 1. The summed E-state index contributed by atoms with van der Waals surface area (Å²) in [5, 5.41) is 0.363. The number of sulfonamides is 1. The van der Waals surface area contributed by atoms with Gasteiger partial charge in [0.1, 0.15) is 4.90 Å². The lowest BCUT2D eigenvalue weighted by Crippen LogP contribution is -2.25. The summed E-state index contributed by atoms with van der Waals surface area (Å²) in [6, 6.07) is 4.45. The lowest BCUT2D eigenvalue weighted by atomic mass is 10.2. The van der Waals surface area contributed by atoms with E-state index in [-0.39, 0.29) is 10.6 Å². The third-order valence-electron chi connectivity index (χ3n) is 3.04. The predicted octanol–water partition coefficient (Wildman–Crippen LogP) is 2.39. The molecule has 0 atom stereocenters. The van der Waals surface area contributed by atoms with E-state index in [1.54, 1.807) is 6.07 Å². The second-order valence-corrected chi connectivity index (χ2v) is 6.84. The van der Waals surface area contributed by atoms with E-state index in [1.165, 1.54) is 25.0 Å². The Morgan fingerprint density at radius 3 is 2.78 bits per heavy atom. The topological polar surface area (TPSA) is 72.2 Å². The highest BCUT2D eigenvalue weighted by Crippen LogP contribution is 2.33. The van der Waals surface area contributed by atoms with Crippen molar-refractivity contribution in [2.45, 2.75) is 30.6 Å². The Balaban J connectivity index is 1.97. The number of hydrogen-bond donors (Lipinski definition) is 2. The zero-order valence-corrected chi connectivity index (χ0v) is 11.6. The van der Waals surface area contributed by atoms with Gasteiger partial charge in [0.05, 0.1) is 5.69 Å². The molecule has 0 amide bonds. The van der Waals surface area contributed by atoms with Crippen LogP contribution in [0.1, 0.15) is 25.7 Å². The van der Waals surface area contributed by atoms with Crippen molar-refractivity contribution in [2.24, 2.45) is 5.92 Å². The lowest BCUT2D eigenvalue weighted by Gasteiger charge is -2.09. The standard InChI is InChI=1S/C12H17ClN2O2S/c13-10-5-6-11(14)12(8-10)18(16,17)15-7-1-2-9-3-4-9/h5-6,8-9,15H,1-4,7,14H2. The summed E-state index contributed by atoms with van der Waals surface area (Å²) >= 11 is 5.79. The van der Waals surface area contributed by atoms with Gasteiger partial charge in [-0.1, -0.05) is 24.4 Å². The molecule has 1 saturated carbocycles. The van der Waals surface area contributed by atoms with Crippen LogP contribution in [0.25, 0.3) is 0 Å². The summed E-state index contributed by atoms with van der Waals surface area (Å²) < 4.78 is 26.6. The lowest BCUT2D eigenvalue weighted by molar-refractivity contribution is 0.573. The molecular formula is C12H17ClN2O2S. The second kappa shape index (κ2) is 5.47. The van der Waals surface area contributed by atoms with Crippen LogP contribution in [0.15, 0.2) is 23.1 Å². The number of benzene rings is 1. The van der Waals surface area contributed by atoms with Gasteiger partial charge in [-0.05, 0) is 37.0 Å². The molecule has 100 valence electrons. The van der Waals surface area contributed by atoms with Crippen LogP contribution in [0.5, 0.6) is 0 Å². The first-order chi connectivity index (χ1) is 8.49. The smallest absolute Gasteiger partial charge is 0.242 e. The number of rotatable bonds is 6. The fourth-order valence-electron chi connectivity index (χ4n) is 1.82. The summed E-state index contributed by atoms with van der Waals surface area (Å²) in [6.45, 7) is 0.449. The third-order valence-corrected chi connectivity index (χ3v) is 4.80. The number of nitrogens with two attached hydrogens (primary N) is 1. The molecule has 1 aliphatic rings. The maximum Gasteiger partial charge on any atom is 0.242 e. The highest BCUT2D eigenvalue weighted by Gasteiger charge is 2.21. The Bertz CT molecular complexity index is 527. The molecule has 0 unspecified atom stereocenters. The van der Waals surface area contributed by atoms with Gasteiger partial charge in [-0.15, -0.1) is 0 Å². The number of nitrogens with one attached hydrogen (secondary N) is 1. The zero-order valence-electron chi connectivity index (χ0n) is 10.0. The van der Waals surface area contributed by atoms with Crippen LogP contribution in [0, 0.1) is 5.92 Å². The largest absolute Gasteiger partial charge is 0.398 e. The molecule has 2 rings (SSSR count). The van der Waals surface area contributed by atoms with Crippen LogP contribution in [-0.4, -0.2) is 15.0 Å². The average molecular weight is 289 g/mol. The van der Waals surface area contributed by atoms with Crippen molar-refractivity contribution in [3.8, 4) is 0 Å².